The normalized spacial score (nSPS) is 15.0. The molecule has 0 unspecified atom stereocenters. The number of carbonyl (C=O) groups excluding carboxylic acids is 1. The zero-order chi connectivity index (χ0) is 16.2. The molecule has 0 aliphatic carbocycles. The molecular formula is C19H22N2O2. The maximum Gasteiger partial charge on any atom is 0.240 e. The van der Waals surface area contributed by atoms with E-state index in [4.69, 9.17) is 10.5 Å². The highest BCUT2D eigenvalue weighted by Gasteiger charge is 2.25. The van der Waals surface area contributed by atoms with Gasteiger partial charge >= 0.3 is 0 Å². The first kappa shape index (κ1) is 15.6. The van der Waals surface area contributed by atoms with Crippen LogP contribution in [0.3, 0.4) is 0 Å². The van der Waals surface area contributed by atoms with E-state index in [-0.39, 0.29) is 5.91 Å². The Morgan fingerprint density at radius 1 is 1.22 bits per heavy atom. The lowest BCUT2D eigenvalue weighted by molar-refractivity contribution is -0.133. The molecule has 1 aliphatic rings. The Labute approximate surface area is 136 Å². The fraction of sp³-hybridized carbons (Fsp3) is 0.316. The molecule has 1 amide bonds. The van der Waals surface area contributed by atoms with Crippen molar-refractivity contribution in [2.75, 3.05) is 13.7 Å². The third-order valence-electron chi connectivity index (χ3n) is 4.35. The van der Waals surface area contributed by atoms with E-state index in [1.165, 1.54) is 5.56 Å². The molecule has 120 valence electrons. The molecule has 2 aromatic rings. The summed E-state index contributed by atoms with van der Waals surface area (Å²) in [7, 11) is 1.66. The molecule has 2 aromatic carbocycles. The van der Waals surface area contributed by atoms with Gasteiger partial charge < -0.3 is 15.4 Å². The number of ether oxygens (including phenoxy) is 1. The fourth-order valence-corrected chi connectivity index (χ4v) is 3.04. The van der Waals surface area contributed by atoms with Crippen molar-refractivity contribution in [2.45, 2.75) is 25.4 Å². The monoisotopic (exact) mass is 310 g/mol. The highest BCUT2D eigenvalue weighted by Crippen LogP contribution is 2.24. The lowest BCUT2D eigenvalue weighted by Crippen LogP contribution is -2.46. The minimum Gasteiger partial charge on any atom is -0.497 e. The van der Waals surface area contributed by atoms with E-state index in [1.54, 1.807) is 7.11 Å². The van der Waals surface area contributed by atoms with Crippen LogP contribution in [-0.2, 0) is 24.2 Å². The van der Waals surface area contributed by atoms with Gasteiger partial charge in [-0.2, -0.15) is 0 Å². The molecule has 0 saturated carbocycles. The standard InChI is InChI=1S/C19H22N2O2/c1-23-17-8-7-15-9-10-21(13-16(15)12-17)19(22)18(20)11-14-5-3-2-4-6-14/h2-8,12,18H,9-11,13,20H2,1H3/t18-/m1/s1. The van der Waals surface area contributed by atoms with Crippen molar-refractivity contribution in [1.29, 1.82) is 0 Å². The largest absolute Gasteiger partial charge is 0.497 e. The van der Waals surface area contributed by atoms with E-state index in [9.17, 15) is 4.79 Å². The summed E-state index contributed by atoms with van der Waals surface area (Å²) >= 11 is 0. The van der Waals surface area contributed by atoms with Gasteiger partial charge in [0.1, 0.15) is 5.75 Å². The molecule has 1 heterocycles. The summed E-state index contributed by atoms with van der Waals surface area (Å²) in [4.78, 5) is 14.5. The minimum absolute atomic E-state index is 0.0160. The topological polar surface area (TPSA) is 55.6 Å². The molecule has 0 radical (unpaired) electrons. The van der Waals surface area contributed by atoms with E-state index < -0.39 is 6.04 Å². The third-order valence-corrected chi connectivity index (χ3v) is 4.35. The second kappa shape index (κ2) is 6.84. The van der Waals surface area contributed by atoms with Gasteiger partial charge in [0.15, 0.2) is 0 Å². The minimum atomic E-state index is -0.496. The van der Waals surface area contributed by atoms with Gasteiger partial charge in [-0.05, 0) is 41.7 Å². The Kier molecular flexibility index (Phi) is 4.63. The lowest BCUT2D eigenvalue weighted by atomic mass is 9.98. The highest BCUT2D eigenvalue weighted by molar-refractivity contribution is 5.82. The van der Waals surface area contributed by atoms with Gasteiger partial charge in [-0.3, -0.25) is 4.79 Å². The summed E-state index contributed by atoms with van der Waals surface area (Å²) < 4.78 is 5.27. The molecule has 1 aliphatic heterocycles. The second-order valence-electron chi connectivity index (χ2n) is 5.94. The van der Waals surface area contributed by atoms with Crippen molar-refractivity contribution in [3.05, 3.63) is 65.2 Å². The van der Waals surface area contributed by atoms with Crippen molar-refractivity contribution >= 4 is 5.91 Å². The summed E-state index contributed by atoms with van der Waals surface area (Å²) in [6.45, 7) is 1.33. The molecule has 2 N–H and O–H groups in total. The predicted octanol–water partition coefficient (Wildman–Crippen LogP) is 2.15. The van der Waals surface area contributed by atoms with Crippen molar-refractivity contribution in [1.82, 2.24) is 4.90 Å². The van der Waals surface area contributed by atoms with Crippen LogP contribution in [-0.4, -0.2) is 30.5 Å². The van der Waals surface area contributed by atoms with Crippen LogP contribution in [0.1, 0.15) is 16.7 Å². The molecular weight excluding hydrogens is 288 g/mol. The Morgan fingerprint density at radius 3 is 2.74 bits per heavy atom. The van der Waals surface area contributed by atoms with Crippen molar-refractivity contribution in [3.8, 4) is 5.75 Å². The molecule has 4 heteroatoms. The number of hydrogen-bond donors (Lipinski definition) is 1. The fourth-order valence-electron chi connectivity index (χ4n) is 3.04. The number of carbonyl (C=O) groups is 1. The van der Waals surface area contributed by atoms with Crippen molar-refractivity contribution in [3.63, 3.8) is 0 Å². The molecule has 0 saturated heterocycles. The molecule has 0 aromatic heterocycles. The van der Waals surface area contributed by atoms with Gasteiger partial charge in [-0.1, -0.05) is 36.4 Å². The summed E-state index contributed by atoms with van der Waals surface area (Å²) in [6.07, 6.45) is 1.43. The molecule has 4 nitrogen and oxygen atoms in total. The van der Waals surface area contributed by atoms with Crippen LogP contribution in [0.2, 0.25) is 0 Å². The zero-order valence-corrected chi connectivity index (χ0v) is 13.4. The Balaban J connectivity index is 1.68. The van der Waals surface area contributed by atoms with Crippen molar-refractivity contribution < 1.29 is 9.53 Å². The van der Waals surface area contributed by atoms with Gasteiger partial charge in [-0.25, -0.2) is 0 Å². The van der Waals surface area contributed by atoms with E-state index in [0.29, 0.717) is 13.0 Å². The SMILES string of the molecule is COc1ccc2c(c1)CN(C(=O)[C@H](N)Cc1ccccc1)CC2. The summed E-state index contributed by atoms with van der Waals surface area (Å²) in [5.41, 5.74) is 9.66. The maximum absolute atomic E-state index is 12.6. The first-order chi connectivity index (χ1) is 11.2. The molecule has 0 fully saturated rings. The van der Waals surface area contributed by atoms with Crippen LogP contribution in [0.25, 0.3) is 0 Å². The third kappa shape index (κ3) is 3.54. The van der Waals surface area contributed by atoms with Crippen LogP contribution in [0.4, 0.5) is 0 Å². The number of rotatable bonds is 4. The quantitative estimate of drug-likeness (QED) is 0.941. The summed E-state index contributed by atoms with van der Waals surface area (Å²) in [5.74, 6) is 0.842. The first-order valence-corrected chi connectivity index (χ1v) is 7.91. The van der Waals surface area contributed by atoms with Gasteiger partial charge in [-0.15, -0.1) is 0 Å². The highest BCUT2D eigenvalue weighted by atomic mass is 16.5. The van der Waals surface area contributed by atoms with E-state index in [0.717, 1.165) is 29.8 Å². The number of benzene rings is 2. The van der Waals surface area contributed by atoms with Crippen LogP contribution < -0.4 is 10.5 Å². The van der Waals surface area contributed by atoms with Gasteiger partial charge in [0, 0.05) is 13.1 Å². The lowest BCUT2D eigenvalue weighted by Gasteiger charge is -2.31. The number of hydrogen-bond acceptors (Lipinski definition) is 3. The maximum atomic E-state index is 12.6. The van der Waals surface area contributed by atoms with E-state index in [1.807, 2.05) is 47.4 Å². The summed E-state index contributed by atoms with van der Waals surface area (Å²) in [5, 5.41) is 0. The zero-order valence-electron chi connectivity index (χ0n) is 13.4. The number of nitrogens with zero attached hydrogens (tertiary/aromatic N) is 1. The second-order valence-corrected chi connectivity index (χ2v) is 5.94. The number of fused-ring (bicyclic) bond motifs is 1. The summed E-state index contributed by atoms with van der Waals surface area (Å²) in [6, 6.07) is 15.5. The number of nitrogens with two attached hydrogens (primary N) is 1. The van der Waals surface area contributed by atoms with Crippen LogP contribution in [0.5, 0.6) is 5.75 Å². The predicted molar refractivity (Wildman–Crippen MR) is 90.2 cm³/mol. The average molecular weight is 310 g/mol. The Bertz CT molecular complexity index is 685. The van der Waals surface area contributed by atoms with Crippen LogP contribution in [0, 0.1) is 0 Å². The van der Waals surface area contributed by atoms with Crippen molar-refractivity contribution in [2.24, 2.45) is 5.73 Å². The first-order valence-electron chi connectivity index (χ1n) is 7.91. The van der Waals surface area contributed by atoms with E-state index in [2.05, 4.69) is 6.07 Å². The van der Waals surface area contributed by atoms with Gasteiger partial charge in [0.05, 0.1) is 13.2 Å². The average Bonchev–Trinajstić information content (AvgIpc) is 2.60. The van der Waals surface area contributed by atoms with Crippen LogP contribution >= 0.6 is 0 Å². The van der Waals surface area contributed by atoms with E-state index >= 15 is 0 Å². The van der Waals surface area contributed by atoms with Gasteiger partial charge in [0.25, 0.3) is 0 Å². The Hall–Kier alpha value is -2.33. The molecule has 23 heavy (non-hydrogen) atoms. The molecule has 0 spiro atoms. The number of methoxy groups -OCH3 is 1. The molecule has 3 rings (SSSR count). The number of amides is 1. The smallest absolute Gasteiger partial charge is 0.240 e. The van der Waals surface area contributed by atoms with Crippen LogP contribution in [0.15, 0.2) is 48.5 Å². The Morgan fingerprint density at radius 2 is 2.00 bits per heavy atom. The molecule has 0 bridgehead atoms. The van der Waals surface area contributed by atoms with Gasteiger partial charge in [0.2, 0.25) is 5.91 Å². The molecule has 1 atom stereocenters.